The maximum absolute atomic E-state index is 9.09. The first-order valence-electron chi connectivity index (χ1n) is 4.76. The lowest BCUT2D eigenvalue weighted by molar-refractivity contribution is 1.19. The average Bonchev–Trinajstić information content (AvgIpc) is 2.63. The van der Waals surface area contributed by atoms with Gasteiger partial charge in [0, 0.05) is 21.0 Å². The van der Waals surface area contributed by atoms with Crippen LogP contribution in [0, 0.1) is 25.2 Å². The molecule has 0 radical (unpaired) electrons. The van der Waals surface area contributed by atoms with Crippen molar-refractivity contribution in [3.63, 3.8) is 0 Å². The lowest BCUT2D eigenvalue weighted by atomic mass is 10.1. The Kier molecular flexibility index (Phi) is 2.95. The van der Waals surface area contributed by atoms with Crippen LogP contribution in [0.3, 0.4) is 0 Å². The SMILES string of the molecule is Cc1cc(-c2ccc(C)s2)c(C#N)c(Cl)n1. The van der Waals surface area contributed by atoms with Gasteiger partial charge in [-0.25, -0.2) is 4.98 Å². The third-order valence-corrected chi connectivity index (χ3v) is 3.53. The summed E-state index contributed by atoms with van der Waals surface area (Å²) in [6, 6.07) is 8.05. The van der Waals surface area contributed by atoms with Crippen LogP contribution in [0.4, 0.5) is 0 Å². The molecule has 2 nitrogen and oxygen atoms in total. The quantitative estimate of drug-likeness (QED) is 0.717. The number of thiophene rings is 1. The zero-order valence-electron chi connectivity index (χ0n) is 8.91. The summed E-state index contributed by atoms with van der Waals surface area (Å²) in [5, 5.41) is 9.37. The summed E-state index contributed by atoms with van der Waals surface area (Å²) in [5.74, 6) is 0. The van der Waals surface area contributed by atoms with E-state index in [9.17, 15) is 0 Å². The third kappa shape index (κ3) is 1.95. The first-order chi connectivity index (χ1) is 7.61. The normalized spacial score (nSPS) is 10.1. The summed E-state index contributed by atoms with van der Waals surface area (Å²) in [5.41, 5.74) is 2.15. The van der Waals surface area contributed by atoms with Gasteiger partial charge in [-0.1, -0.05) is 11.6 Å². The highest BCUT2D eigenvalue weighted by Gasteiger charge is 2.12. The zero-order chi connectivity index (χ0) is 11.7. The van der Waals surface area contributed by atoms with Gasteiger partial charge in [-0.3, -0.25) is 0 Å². The minimum Gasteiger partial charge on any atom is -0.240 e. The minimum atomic E-state index is 0.281. The molecule has 80 valence electrons. The molecule has 0 atom stereocenters. The Balaban J connectivity index is 2.69. The molecule has 0 spiro atoms. The van der Waals surface area contributed by atoms with E-state index in [0.717, 1.165) is 16.1 Å². The smallest absolute Gasteiger partial charge is 0.147 e. The molecule has 0 unspecified atom stereocenters. The van der Waals surface area contributed by atoms with Gasteiger partial charge >= 0.3 is 0 Å². The predicted molar refractivity (Wildman–Crippen MR) is 66.7 cm³/mol. The van der Waals surface area contributed by atoms with E-state index in [0.29, 0.717) is 5.56 Å². The molecule has 0 aliphatic carbocycles. The van der Waals surface area contributed by atoms with Crippen LogP contribution < -0.4 is 0 Å². The Morgan fingerprint density at radius 3 is 2.69 bits per heavy atom. The summed E-state index contributed by atoms with van der Waals surface area (Å²) in [7, 11) is 0. The molecule has 2 aromatic heterocycles. The summed E-state index contributed by atoms with van der Waals surface area (Å²) in [6.45, 7) is 3.91. The minimum absolute atomic E-state index is 0.281. The molecular weight excluding hydrogens is 240 g/mol. The average molecular weight is 249 g/mol. The number of pyridine rings is 1. The lowest BCUT2D eigenvalue weighted by Gasteiger charge is -2.04. The Morgan fingerprint density at radius 1 is 1.38 bits per heavy atom. The van der Waals surface area contributed by atoms with Crippen molar-refractivity contribution in [3.05, 3.63) is 39.5 Å². The third-order valence-electron chi connectivity index (χ3n) is 2.22. The topological polar surface area (TPSA) is 36.7 Å². The van der Waals surface area contributed by atoms with Gasteiger partial charge in [0.15, 0.2) is 0 Å². The second-order valence-electron chi connectivity index (χ2n) is 3.50. The van der Waals surface area contributed by atoms with Gasteiger partial charge in [0.25, 0.3) is 0 Å². The molecule has 2 aromatic rings. The van der Waals surface area contributed by atoms with E-state index in [4.69, 9.17) is 16.9 Å². The number of nitriles is 1. The standard InChI is InChI=1S/C12H9ClN2S/c1-7-5-9(10(6-14)12(13)15-7)11-4-3-8(2)16-11/h3-5H,1-2H3. The molecular formula is C12H9ClN2S. The molecule has 0 aliphatic heterocycles. The molecule has 0 N–H and O–H groups in total. The highest BCUT2D eigenvalue weighted by Crippen LogP contribution is 2.33. The number of nitrogens with zero attached hydrogens (tertiary/aromatic N) is 2. The number of hydrogen-bond donors (Lipinski definition) is 0. The highest BCUT2D eigenvalue weighted by molar-refractivity contribution is 7.15. The van der Waals surface area contributed by atoms with E-state index in [2.05, 4.69) is 11.1 Å². The first kappa shape index (κ1) is 11.1. The lowest BCUT2D eigenvalue weighted by Crippen LogP contribution is -1.90. The van der Waals surface area contributed by atoms with Crippen LogP contribution in [-0.2, 0) is 0 Å². The molecule has 16 heavy (non-hydrogen) atoms. The van der Waals surface area contributed by atoms with Crippen LogP contribution in [-0.4, -0.2) is 4.98 Å². The molecule has 0 saturated carbocycles. The summed E-state index contributed by atoms with van der Waals surface area (Å²) in [6.07, 6.45) is 0. The summed E-state index contributed by atoms with van der Waals surface area (Å²) in [4.78, 5) is 6.35. The molecule has 0 bridgehead atoms. The van der Waals surface area contributed by atoms with E-state index in [1.807, 2.05) is 32.0 Å². The fourth-order valence-electron chi connectivity index (χ4n) is 1.52. The molecule has 4 heteroatoms. The van der Waals surface area contributed by atoms with Crippen LogP contribution in [0.25, 0.3) is 10.4 Å². The Labute approximate surface area is 103 Å². The van der Waals surface area contributed by atoms with Crippen molar-refractivity contribution < 1.29 is 0 Å². The molecule has 0 saturated heterocycles. The molecule has 0 fully saturated rings. The van der Waals surface area contributed by atoms with E-state index in [1.165, 1.54) is 4.88 Å². The molecule has 0 aliphatic rings. The van der Waals surface area contributed by atoms with Crippen molar-refractivity contribution in [2.45, 2.75) is 13.8 Å². The van der Waals surface area contributed by atoms with Crippen molar-refractivity contribution in [2.24, 2.45) is 0 Å². The summed E-state index contributed by atoms with van der Waals surface area (Å²) < 4.78 is 0. The Bertz CT molecular complexity index is 581. The van der Waals surface area contributed by atoms with E-state index >= 15 is 0 Å². The van der Waals surface area contributed by atoms with Crippen molar-refractivity contribution in [1.82, 2.24) is 4.98 Å². The predicted octanol–water partition coefficient (Wildman–Crippen LogP) is 3.95. The van der Waals surface area contributed by atoms with Gasteiger partial charge in [-0.05, 0) is 32.0 Å². The largest absolute Gasteiger partial charge is 0.240 e. The number of aromatic nitrogens is 1. The number of halogens is 1. The molecule has 0 aromatic carbocycles. The maximum Gasteiger partial charge on any atom is 0.147 e. The maximum atomic E-state index is 9.09. The highest BCUT2D eigenvalue weighted by atomic mass is 35.5. The fraction of sp³-hybridized carbons (Fsp3) is 0.167. The van der Waals surface area contributed by atoms with Crippen LogP contribution in [0.2, 0.25) is 5.15 Å². The van der Waals surface area contributed by atoms with Gasteiger partial charge in [-0.15, -0.1) is 11.3 Å². The van der Waals surface area contributed by atoms with Crippen molar-refractivity contribution in [1.29, 1.82) is 5.26 Å². The van der Waals surface area contributed by atoms with E-state index in [-0.39, 0.29) is 5.15 Å². The molecule has 2 rings (SSSR count). The Morgan fingerprint density at radius 2 is 2.12 bits per heavy atom. The number of hydrogen-bond acceptors (Lipinski definition) is 3. The van der Waals surface area contributed by atoms with Crippen molar-refractivity contribution in [3.8, 4) is 16.5 Å². The zero-order valence-corrected chi connectivity index (χ0v) is 10.5. The van der Waals surface area contributed by atoms with Crippen molar-refractivity contribution in [2.75, 3.05) is 0 Å². The molecule has 2 heterocycles. The van der Waals surface area contributed by atoms with Crippen LogP contribution in [0.15, 0.2) is 18.2 Å². The second-order valence-corrected chi connectivity index (χ2v) is 5.15. The molecule has 0 amide bonds. The van der Waals surface area contributed by atoms with Crippen LogP contribution in [0.1, 0.15) is 16.1 Å². The van der Waals surface area contributed by atoms with Crippen LogP contribution in [0.5, 0.6) is 0 Å². The van der Waals surface area contributed by atoms with Crippen molar-refractivity contribution >= 4 is 22.9 Å². The van der Waals surface area contributed by atoms with E-state index < -0.39 is 0 Å². The van der Waals surface area contributed by atoms with E-state index in [1.54, 1.807) is 11.3 Å². The number of aryl methyl sites for hydroxylation is 2. The summed E-state index contributed by atoms with van der Waals surface area (Å²) >= 11 is 7.61. The van der Waals surface area contributed by atoms with Gasteiger partial charge in [0.05, 0.1) is 5.56 Å². The van der Waals surface area contributed by atoms with Gasteiger partial charge in [0.1, 0.15) is 11.2 Å². The Hall–Kier alpha value is -1.37. The number of rotatable bonds is 1. The van der Waals surface area contributed by atoms with Gasteiger partial charge < -0.3 is 0 Å². The second kappa shape index (κ2) is 4.25. The van der Waals surface area contributed by atoms with Gasteiger partial charge in [0.2, 0.25) is 0 Å². The van der Waals surface area contributed by atoms with Crippen LogP contribution >= 0.6 is 22.9 Å². The monoisotopic (exact) mass is 248 g/mol. The van der Waals surface area contributed by atoms with Gasteiger partial charge in [-0.2, -0.15) is 5.26 Å². The first-order valence-corrected chi connectivity index (χ1v) is 5.95. The fourth-order valence-corrected chi connectivity index (χ4v) is 2.68.